The minimum absolute atomic E-state index is 0.234. The molecule has 4 heteroatoms. The summed E-state index contributed by atoms with van der Waals surface area (Å²) in [5, 5.41) is 0. The predicted molar refractivity (Wildman–Crippen MR) is 135 cm³/mol. The molecule has 0 unspecified atom stereocenters. The van der Waals surface area contributed by atoms with Crippen LogP contribution >= 0.6 is 0 Å². The van der Waals surface area contributed by atoms with Crippen LogP contribution in [0.2, 0.25) is 0 Å². The highest BCUT2D eigenvalue weighted by molar-refractivity contribution is 5.57. The van der Waals surface area contributed by atoms with Gasteiger partial charge in [0.25, 0.3) is 0 Å². The minimum Gasteiger partial charge on any atom is -0.490 e. The van der Waals surface area contributed by atoms with Crippen LogP contribution in [0.25, 0.3) is 11.4 Å². The van der Waals surface area contributed by atoms with Crippen LogP contribution in [-0.2, 0) is 0 Å². The Morgan fingerprint density at radius 2 is 1.09 bits per heavy atom. The van der Waals surface area contributed by atoms with Crippen LogP contribution in [0, 0.1) is 33.5 Å². The molecule has 0 radical (unpaired) electrons. The number of hydrogen-bond acceptors (Lipinski definition) is 4. The Morgan fingerprint density at radius 1 is 0.676 bits per heavy atom. The van der Waals surface area contributed by atoms with Crippen molar-refractivity contribution in [1.29, 1.82) is 0 Å². The summed E-state index contributed by atoms with van der Waals surface area (Å²) in [6.45, 7) is 14.6. The first-order valence-corrected chi connectivity index (χ1v) is 13.3. The number of hydrogen-bond donors (Lipinski definition) is 0. The van der Waals surface area contributed by atoms with Gasteiger partial charge in [-0.1, -0.05) is 41.5 Å². The molecule has 4 nitrogen and oxygen atoms in total. The Balaban J connectivity index is 1.21. The fourth-order valence-corrected chi connectivity index (χ4v) is 8.19. The van der Waals surface area contributed by atoms with Gasteiger partial charge in [-0.3, -0.25) is 9.97 Å². The van der Waals surface area contributed by atoms with Crippen molar-refractivity contribution in [3.63, 3.8) is 0 Å². The van der Waals surface area contributed by atoms with Gasteiger partial charge in [-0.05, 0) is 73.3 Å². The fourth-order valence-electron chi connectivity index (χ4n) is 8.19. The average molecular weight is 461 g/mol. The van der Waals surface area contributed by atoms with Gasteiger partial charge in [0.1, 0.15) is 23.7 Å². The molecule has 4 fully saturated rings. The Bertz CT molecular complexity index is 1020. The third-order valence-corrected chi connectivity index (χ3v) is 11.7. The lowest BCUT2D eigenvalue weighted by atomic mass is 9.70. The molecule has 0 amide bonds. The summed E-state index contributed by atoms with van der Waals surface area (Å²) in [7, 11) is 0. The van der Waals surface area contributed by atoms with Crippen LogP contribution in [0.15, 0.2) is 36.7 Å². The number of ether oxygens (including phenoxy) is 2. The van der Waals surface area contributed by atoms with E-state index in [9.17, 15) is 0 Å². The molecule has 0 N–H and O–H groups in total. The third-order valence-electron chi connectivity index (χ3n) is 11.7. The SMILES string of the molecule is CC1(C)[C@H]2CC[C@]1(C)[C@H](Oc1ccnc(-c3cc(O[C@@H]4C[C@@H]5CC[C@@]4(C)C5(C)C)ccn3)c1)C2. The van der Waals surface area contributed by atoms with Crippen molar-refractivity contribution in [1.82, 2.24) is 9.97 Å². The van der Waals surface area contributed by atoms with Crippen LogP contribution in [0.1, 0.15) is 80.1 Å². The molecule has 4 aliphatic carbocycles. The van der Waals surface area contributed by atoms with Gasteiger partial charge in [0.05, 0.1) is 11.4 Å². The van der Waals surface area contributed by atoms with E-state index >= 15 is 0 Å². The third kappa shape index (κ3) is 2.96. The minimum atomic E-state index is 0.234. The van der Waals surface area contributed by atoms with Crippen LogP contribution < -0.4 is 9.47 Å². The number of fused-ring (bicyclic) bond motifs is 4. The zero-order chi connectivity index (χ0) is 23.9. The Kier molecular flexibility index (Phi) is 4.74. The van der Waals surface area contributed by atoms with E-state index in [1.54, 1.807) is 0 Å². The lowest BCUT2D eigenvalue weighted by molar-refractivity contribution is 0.0300. The zero-order valence-electron chi connectivity index (χ0n) is 21.7. The van der Waals surface area contributed by atoms with Gasteiger partial charge in [0.2, 0.25) is 0 Å². The van der Waals surface area contributed by atoms with Crippen LogP contribution in [0.5, 0.6) is 11.5 Å². The van der Waals surface area contributed by atoms with Crippen molar-refractivity contribution in [3.05, 3.63) is 36.7 Å². The largest absolute Gasteiger partial charge is 0.490 e. The van der Waals surface area contributed by atoms with Gasteiger partial charge in [0.15, 0.2) is 0 Å². The maximum absolute atomic E-state index is 6.62. The van der Waals surface area contributed by atoms with Gasteiger partial charge >= 0.3 is 0 Å². The summed E-state index contributed by atoms with van der Waals surface area (Å²) < 4.78 is 13.2. The quantitative estimate of drug-likeness (QED) is 0.468. The van der Waals surface area contributed by atoms with Crippen molar-refractivity contribution in [2.75, 3.05) is 0 Å². The first-order valence-electron chi connectivity index (χ1n) is 13.3. The summed E-state index contributed by atoms with van der Waals surface area (Å²) >= 11 is 0. The molecule has 4 aliphatic rings. The van der Waals surface area contributed by atoms with E-state index in [1.807, 2.05) is 24.5 Å². The normalized spacial score (nSPS) is 38.9. The molecule has 6 atom stereocenters. The maximum Gasteiger partial charge on any atom is 0.123 e. The van der Waals surface area contributed by atoms with Gasteiger partial charge in [-0.25, -0.2) is 0 Å². The summed E-state index contributed by atoms with van der Waals surface area (Å²) in [5.74, 6) is 3.32. The maximum atomic E-state index is 6.62. The number of pyridine rings is 2. The van der Waals surface area contributed by atoms with Gasteiger partial charge in [-0.15, -0.1) is 0 Å². The molecule has 0 aliphatic heterocycles. The van der Waals surface area contributed by atoms with Gasteiger partial charge in [0, 0.05) is 35.4 Å². The highest BCUT2D eigenvalue weighted by Crippen LogP contribution is 2.67. The first kappa shape index (κ1) is 22.4. The topological polar surface area (TPSA) is 44.2 Å². The van der Waals surface area contributed by atoms with E-state index in [0.717, 1.165) is 47.6 Å². The number of rotatable bonds is 5. The molecule has 0 aromatic carbocycles. The van der Waals surface area contributed by atoms with E-state index in [0.29, 0.717) is 10.8 Å². The van der Waals surface area contributed by atoms with Crippen molar-refractivity contribution >= 4 is 0 Å². The second-order valence-electron chi connectivity index (χ2n) is 13.2. The number of aromatic nitrogens is 2. The molecular weight excluding hydrogens is 420 g/mol. The van der Waals surface area contributed by atoms with E-state index < -0.39 is 0 Å². The van der Waals surface area contributed by atoms with Crippen LogP contribution in [-0.4, -0.2) is 22.2 Å². The lowest BCUT2D eigenvalue weighted by Gasteiger charge is -2.39. The molecule has 4 bridgehead atoms. The second kappa shape index (κ2) is 7.21. The summed E-state index contributed by atoms with van der Waals surface area (Å²) in [6.07, 6.45) is 11.7. The van der Waals surface area contributed by atoms with E-state index in [2.05, 4.69) is 63.6 Å². The highest BCUT2D eigenvalue weighted by Gasteiger charge is 2.63. The molecule has 4 saturated carbocycles. The van der Waals surface area contributed by atoms with E-state index in [4.69, 9.17) is 9.47 Å². The molecule has 2 aromatic rings. The fraction of sp³-hybridized carbons (Fsp3) is 0.667. The van der Waals surface area contributed by atoms with Crippen LogP contribution in [0.3, 0.4) is 0 Å². The van der Waals surface area contributed by atoms with E-state index in [-0.39, 0.29) is 23.0 Å². The Morgan fingerprint density at radius 3 is 1.41 bits per heavy atom. The molecule has 182 valence electrons. The van der Waals surface area contributed by atoms with E-state index in [1.165, 1.54) is 25.7 Å². The van der Waals surface area contributed by atoms with Crippen molar-refractivity contribution in [3.8, 4) is 22.9 Å². The lowest BCUT2D eigenvalue weighted by Crippen LogP contribution is -2.38. The van der Waals surface area contributed by atoms with Crippen molar-refractivity contribution in [2.24, 2.45) is 33.5 Å². The Labute approximate surface area is 204 Å². The molecule has 2 aromatic heterocycles. The monoisotopic (exact) mass is 460 g/mol. The molecule has 0 spiro atoms. The van der Waals surface area contributed by atoms with Gasteiger partial charge in [-0.2, -0.15) is 0 Å². The second-order valence-corrected chi connectivity index (χ2v) is 13.2. The van der Waals surface area contributed by atoms with Crippen molar-refractivity contribution < 1.29 is 9.47 Å². The van der Waals surface area contributed by atoms with Gasteiger partial charge < -0.3 is 9.47 Å². The summed E-state index contributed by atoms with van der Waals surface area (Å²) in [5.41, 5.74) is 2.83. The average Bonchev–Trinajstić information content (AvgIpc) is 3.32. The van der Waals surface area contributed by atoms with Crippen molar-refractivity contribution in [2.45, 2.75) is 92.3 Å². The standard InChI is InChI=1S/C30H40N2O2/c1-27(2)19-7-11-29(27,5)25(15-19)33-21-9-13-31-23(17-21)24-18-22(10-14-32-24)34-26-16-20-8-12-30(26,6)28(20,3)4/h9-10,13-14,17-20,25-26H,7-8,11-12,15-16H2,1-6H3/t19-,20-,25+,26+,29+,30+/m0/s1. The molecule has 34 heavy (non-hydrogen) atoms. The zero-order valence-corrected chi connectivity index (χ0v) is 21.7. The molecule has 2 heterocycles. The van der Waals surface area contributed by atoms with Crippen LogP contribution in [0.4, 0.5) is 0 Å². The smallest absolute Gasteiger partial charge is 0.123 e. The first-order chi connectivity index (χ1) is 16.0. The molecule has 0 saturated heterocycles. The summed E-state index contributed by atoms with van der Waals surface area (Å²) in [4.78, 5) is 9.26. The summed E-state index contributed by atoms with van der Waals surface area (Å²) in [6, 6.07) is 8.08. The Hall–Kier alpha value is -2.10. The number of nitrogens with zero attached hydrogens (tertiary/aromatic N) is 2. The predicted octanol–water partition coefficient (Wildman–Crippen LogP) is 7.33. The highest BCUT2D eigenvalue weighted by atomic mass is 16.5. The molecular formula is C30H40N2O2. The molecule has 6 rings (SSSR count).